The van der Waals surface area contributed by atoms with Gasteiger partial charge >= 0.3 is 5.97 Å². The van der Waals surface area contributed by atoms with Gasteiger partial charge in [-0.15, -0.1) is 0 Å². The summed E-state index contributed by atoms with van der Waals surface area (Å²) in [5, 5.41) is 18.4. The molecule has 0 aliphatic carbocycles. The molecule has 8 nitrogen and oxygen atoms in total. The molecular formula is C24H31N3O5S. The number of sulfonamides is 1. The van der Waals surface area contributed by atoms with Crippen molar-refractivity contribution in [3.05, 3.63) is 65.4 Å². The molecule has 3 N–H and O–H groups in total. The van der Waals surface area contributed by atoms with Crippen molar-refractivity contribution in [3.8, 4) is 5.75 Å². The van der Waals surface area contributed by atoms with Gasteiger partial charge in [-0.05, 0) is 68.8 Å². The lowest BCUT2D eigenvalue weighted by atomic mass is 10.1. The van der Waals surface area contributed by atoms with Crippen LogP contribution in [0.15, 0.2) is 48.7 Å². The number of benzene rings is 2. The summed E-state index contributed by atoms with van der Waals surface area (Å²) < 4.78 is 26.6. The number of carboxylic acids is 1. The van der Waals surface area contributed by atoms with Crippen molar-refractivity contribution in [1.29, 1.82) is 0 Å². The monoisotopic (exact) mass is 473 g/mol. The number of hydrogen-bond donors (Lipinski definition) is 3. The molecule has 4 rings (SSSR count). The smallest absolute Gasteiger partial charge is 0.339 e. The summed E-state index contributed by atoms with van der Waals surface area (Å²) in [6.07, 6.45) is 4.94. The molecule has 0 atom stereocenters. The van der Waals surface area contributed by atoms with Crippen molar-refractivity contribution >= 4 is 26.9 Å². The van der Waals surface area contributed by atoms with E-state index in [-0.39, 0.29) is 17.1 Å². The molecule has 1 fully saturated rings. The summed E-state index contributed by atoms with van der Waals surface area (Å²) in [6, 6.07) is 11.8. The van der Waals surface area contributed by atoms with E-state index < -0.39 is 16.0 Å². The quantitative estimate of drug-likeness (QED) is 0.485. The number of aromatic nitrogens is 1. The van der Waals surface area contributed by atoms with Crippen LogP contribution in [0.1, 0.15) is 34.3 Å². The van der Waals surface area contributed by atoms with Gasteiger partial charge in [0, 0.05) is 36.7 Å². The summed E-state index contributed by atoms with van der Waals surface area (Å²) in [7, 11) is 0.928. The van der Waals surface area contributed by atoms with Crippen LogP contribution in [0.2, 0.25) is 0 Å². The molecule has 1 saturated heterocycles. The molecule has 0 unspecified atom stereocenters. The van der Waals surface area contributed by atoms with Gasteiger partial charge in [0.2, 0.25) is 10.0 Å². The largest absolute Gasteiger partial charge is 0.507 e. The van der Waals surface area contributed by atoms with Gasteiger partial charge in [0.15, 0.2) is 0 Å². The number of nitrogens with zero attached hydrogens (tertiary/aromatic N) is 2. The highest BCUT2D eigenvalue weighted by atomic mass is 32.2. The van der Waals surface area contributed by atoms with Crippen LogP contribution in [0.4, 0.5) is 0 Å². The van der Waals surface area contributed by atoms with Crippen molar-refractivity contribution < 1.29 is 23.4 Å². The Kier molecular flexibility index (Phi) is 8.12. The topological polar surface area (TPSA) is 114 Å². The van der Waals surface area contributed by atoms with Crippen molar-refractivity contribution in [2.75, 3.05) is 33.7 Å². The number of phenols is 1. The Morgan fingerprint density at radius 2 is 1.82 bits per heavy atom. The normalized spacial score (nSPS) is 14.4. The lowest BCUT2D eigenvalue weighted by Gasteiger charge is -2.15. The number of H-pyrrole nitrogens is 1. The second kappa shape index (κ2) is 10.8. The SMILES string of the molecule is CN(C)CCc1c[nH]c2ccc(CS(=O)(=O)N3CCCC3)cc12.O=C(O)c1ccccc1O. The van der Waals surface area contributed by atoms with E-state index in [1.807, 2.05) is 24.4 Å². The van der Waals surface area contributed by atoms with E-state index in [0.717, 1.165) is 42.3 Å². The number of hydrogen-bond acceptors (Lipinski definition) is 5. The molecule has 1 aliphatic heterocycles. The predicted octanol–water partition coefficient (Wildman–Crippen LogP) is 3.29. The lowest BCUT2D eigenvalue weighted by molar-refractivity contribution is 0.0693. The van der Waals surface area contributed by atoms with Crippen LogP contribution in [-0.4, -0.2) is 72.5 Å². The second-order valence-electron chi connectivity index (χ2n) is 8.43. The molecule has 0 amide bonds. The number of nitrogens with one attached hydrogen (secondary N) is 1. The molecule has 0 radical (unpaired) electrons. The molecule has 2 heterocycles. The number of fused-ring (bicyclic) bond motifs is 1. The van der Waals surface area contributed by atoms with Crippen molar-refractivity contribution in [2.45, 2.75) is 25.0 Å². The molecule has 33 heavy (non-hydrogen) atoms. The average Bonchev–Trinajstić information content (AvgIpc) is 3.43. The first kappa shape index (κ1) is 24.8. The van der Waals surface area contributed by atoms with Gasteiger partial charge in [-0.2, -0.15) is 0 Å². The molecule has 3 aromatic rings. The maximum Gasteiger partial charge on any atom is 0.339 e. The summed E-state index contributed by atoms with van der Waals surface area (Å²) >= 11 is 0. The molecule has 0 bridgehead atoms. The molecular weight excluding hydrogens is 442 g/mol. The summed E-state index contributed by atoms with van der Waals surface area (Å²) in [4.78, 5) is 15.7. The fourth-order valence-electron chi connectivity index (χ4n) is 3.79. The molecule has 178 valence electrons. The van der Waals surface area contributed by atoms with Crippen molar-refractivity contribution in [2.24, 2.45) is 0 Å². The van der Waals surface area contributed by atoms with Gasteiger partial charge in [0.25, 0.3) is 0 Å². The maximum absolute atomic E-state index is 12.5. The van der Waals surface area contributed by atoms with Gasteiger partial charge in [-0.25, -0.2) is 17.5 Å². The van der Waals surface area contributed by atoms with E-state index in [0.29, 0.717) is 13.1 Å². The molecule has 9 heteroatoms. The van der Waals surface area contributed by atoms with E-state index >= 15 is 0 Å². The van der Waals surface area contributed by atoms with Crippen LogP contribution in [0.3, 0.4) is 0 Å². The lowest BCUT2D eigenvalue weighted by Crippen LogP contribution is -2.29. The first-order valence-electron chi connectivity index (χ1n) is 10.9. The zero-order valence-electron chi connectivity index (χ0n) is 19.0. The second-order valence-corrected chi connectivity index (χ2v) is 10.4. The zero-order chi connectivity index (χ0) is 24.0. The molecule has 1 aromatic heterocycles. The third-order valence-electron chi connectivity index (χ3n) is 5.60. The highest BCUT2D eigenvalue weighted by Gasteiger charge is 2.25. The molecule has 1 aliphatic rings. The summed E-state index contributed by atoms with van der Waals surface area (Å²) in [6.45, 7) is 2.31. The predicted molar refractivity (Wildman–Crippen MR) is 129 cm³/mol. The Balaban J connectivity index is 0.000000257. The Hall–Kier alpha value is -2.88. The van der Waals surface area contributed by atoms with Gasteiger partial charge in [0.1, 0.15) is 11.3 Å². The van der Waals surface area contributed by atoms with Gasteiger partial charge in [-0.3, -0.25) is 0 Å². The number of aromatic amines is 1. The summed E-state index contributed by atoms with van der Waals surface area (Å²) in [5.74, 6) is -1.21. The van der Waals surface area contributed by atoms with Crippen LogP contribution >= 0.6 is 0 Å². The number of aromatic hydroxyl groups is 1. The number of likely N-dealkylation sites (N-methyl/N-ethyl adjacent to an activating group) is 1. The highest BCUT2D eigenvalue weighted by molar-refractivity contribution is 7.88. The van der Waals surface area contributed by atoms with E-state index in [4.69, 9.17) is 10.2 Å². The third-order valence-corrected chi connectivity index (χ3v) is 7.45. The minimum absolute atomic E-state index is 0.0671. The first-order valence-corrected chi connectivity index (χ1v) is 12.5. The Bertz CT molecular complexity index is 1200. The highest BCUT2D eigenvalue weighted by Crippen LogP contribution is 2.23. The Morgan fingerprint density at radius 1 is 1.12 bits per heavy atom. The number of aromatic carboxylic acids is 1. The van der Waals surface area contributed by atoms with E-state index in [1.54, 1.807) is 16.4 Å². The maximum atomic E-state index is 12.5. The van der Waals surface area contributed by atoms with Crippen molar-refractivity contribution in [1.82, 2.24) is 14.2 Å². The minimum atomic E-state index is -3.19. The fourth-order valence-corrected chi connectivity index (χ4v) is 5.39. The number of carboxylic acid groups (broad SMARTS) is 1. The molecule has 0 spiro atoms. The number of para-hydroxylation sites is 1. The number of rotatable bonds is 7. The third kappa shape index (κ3) is 6.56. The van der Waals surface area contributed by atoms with Crippen LogP contribution in [-0.2, 0) is 22.2 Å². The Morgan fingerprint density at radius 3 is 2.42 bits per heavy atom. The van der Waals surface area contributed by atoms with E-state index in [1.165, 1.54) is 17.7 Å². The van der Waals surface area contributed by atoms with Crippen LogP contribution in [0.25, 0.3) is 10.9 Å². The number of carbonyl (C=O) groups is 1. The first-order chi connectivity index (χ1) is 15.7. The standard InChI is InChI=1S/C17H25N3O2S.C7H6O3/c1-19(2)10-7-15-12-18-17-6-5-14(11-16(15)17)13-23(21,22)20-8-3-4-9-20;8-6-4-2-1-3-5(6)7(9)10/h5-6,11-12,18H,3-4,7-10,13H2,1-2H3;1-4,8H,(H,9,10). The molecule has 2 aromatic carbocycles. The van der Waals surface area contributed by atoms with Crippen LogP contribution < -0.4 is 0 Å². The molecule has 0 saturated carbocycles. The minimum Gasteiger partial charge on any atom is -0.507 e. The fraction of sp³-hybridized carbons (Fsp3) is 0.375. The van der Waals surface area contributed by atoms with Gasteiger partial charge in [0.05, 0.1) is 5.75 Å². The van der Waals surface area contributed by atoms with Crippen LogP contribution in [0.5, 0.6) is 5.75 Å². The zero-order valence-corrected chi connectivity index (χ0v) is 19.8. The van der Waals surface area contributed by atoms with E-state index in [2.05, 4.69) is 24.0 Å². The average molecular weight is 474 g/mol. The Labute approximate surface area is 194 Å². The van der Waals surface area contributed by atoms with Gasteiger partial charge < -0.3 is 20.1 Å². The van der Waals surface area contributed by atoms with E-state index in [9.17, 15) is 13.2 Å². The van der Waals surface area contributed by atoms with Gasteiger partial charge in [-0.1, -0.05) is 18.2 Å². The van der Waals surface area contributed by atoms with Crippen molar-refractivity contribution in [3.63, 3.8) is 0 Å². The van der Waals surface area contributed by atoms with Crippen LogP contribution in [0, 0.1) is 0 Å². The summed E-state index contributed by atoms with van der Waals surface area (Å²) in [5.41, 5.74) is 3.12.